The molecule has 1 radical (unpaired) electrons. The minimum Gasteiger partial charge on any atom is -0.355 e. The SMILES string of the molecule is CCCC[Si](CC)c1ccc2c(c1)[nH]c1cc([Si](C)(C)C)ccc12. The van der Waals surface area contributed by atoms with Gasteiger partial charge in [0, 0.05) is 21.8 Å². The monoisotopic (exact) mass is 352 g/mol. The molecule has 0 unspecified atom stereocenters. The van der Waals surface area contributed by atoms with Gasteiger partial charge in [-0.2, -0.15) is 0 Å². The maximum Gasteiger partial charge on any atom is 0.0854 e. The van der Waals surface area contributed by atoms with E-state index in [2.05, 4.69) is 74.9 Å². The molecule has 3 aromatic rings. The van der Waals surface area contributed by atoms with Crippen molar-refractivity contribution in [3.05, 3.63) is 36.4 Å². The van der Waals surface area contributed by atoms with Crippen molar-refractivity contribution in [1.82, 2.24) is 4.98 Å². The van der Waals surface area contributed by atoms with E-state index in [4.69, 9.17) is 0 Å². The minimum atomic E-state index is -1.26. The molecule has 2 aromatic carbocycles. The topological polar surface area (TPSA) is 15.8 Å². The summed E-state index contributed by atoms with van der Waals surface area (Å²) >= 11 is 0. The smallest absolute Gasteiger partial charge is 0.0854 e. The maximum absolute atomic E-state index is 3.70. The normalized spacial score (nSPS) is 12.6. The number of benzene rings is 2. The van der Waals surface area contributed by atoms with E-state index in [1.165, 1.54) is 51.9 Å². The van der Waals surface area contributed by atoms with E-state index < -0.39 is 16.9 Å². The molecular weight excluding hydrogens is 322 g/mol. The predicted octanol–water partition coefficient (Wildman–Crippen LogP) is 5.39. The Bertz CT molecular complexity index is 842. The van der Waals surface area contributed by atoms with E-state index in [-0.39, 0.29) is 0 Å². The second kappa shape index (κ2) is 6.89. The molecule has 0 saturated carbocycles. The molecular formula is C21H30NSi2. The number of H-pyrrole nitrogens is 1. The highest BCUT2D eigenvalue weighted by Gasteiger charge is 2.18. The summed E-state index contributed by atoms with van der Waals surface area (Å²) < 4.78 is 0. The molecule has 127 valence electrons. The lowest BCUT2D eigenvalue weighted by Crippen LogP contribution is -2.37. The van der Waals surface area contributed by atoms with Gasteiger partial charge >= 0.3 is 0 Å². The van der Waals surface area contributed by atoms with Crippen molar-refractivity contribution < 1.29 is 0 Å². The number of nitrogens with one attached hydrogen (secondary N) is 1. The summed E-state index contributed by atoms with van der Waals surface area (Å²) in [7, 11) is -1.66. The standard InChI is InChI=1S/C21H30NSi2/c1-6-8-13-23(7-2)16-9-11-18-19-12-10-17(24(3,4)5)15-21(19)22-20(18)14-16/h9-12,14-15,22H,6-8,13H2,1-5H3. The molecule has 3 rings (SSSR count). The Morgan fingerprint density at radius 1 is 0.917 bits per heavy atom. The van der Waals surface area contributed by atoms with Gasteiger partial charge in [-0.05, 0) is 12.1 Å². The van der Waals surface area contributed by atoms with Crippen molar-refractivity contribution in [3.8, 4) is 0 Å². The fourth-order valence-electron chi connectivity index (χ4n) is 3.51. The molecule has 0 fully saturated rings. The molecule has 1 nitrogen and oxygen atoms in total. The molecule has 0 aliphatic carbocycles. The minimum absolute atomic E-state index is 0.396. The van der Waals surface area contributed by atoms with Gasteiger partial charge in [0.1, 0.15) is 0 Å². The molecule has 1 aromatic heterocycles. The second-order valence-corrected chi connectivity index (χ2v) is 16.0. The Morgan fingerprint density at radius 3 is 2.21 bits per heavy atom. The van der Waals surface area contributed by atoms with Gasteiger partial charge in [0.25, 0.3) is 0 Å². The third kappa shape index (κ3) is 3.38. The van der Waals surface area contributed by atoms with Crippen LogP contribution in [0.2, 0.25) is 31.7 Å². The summed E-state index contributed by atoms with van der Waals surface area (Å²) in [6, 6.07) is 17.0. The summed E-state index contributed by atoms with van der Waals surface area (Å²) in [6.45, 7) is 11.9. The van der Waals surface area contributed by atoms with Gasteiger partial charge in [0.2, 0.25) is 0 Å². The number of hydrogen-bond donors (Lipinski definition) is 1. The van der Waals surface area contributed by atoms with Crippen molar-refractivity contribution in [1.29, 1.82) is 0 Å². The van der Waals surface area contributed by atoms with Gasteiger partial charge in [-0.1, -0.05) is 93.1 Å². The molecule has 3 heteroatoms. The van der Waals surface area contributed by atoms with Crippen molar-refractivity contribution >= 4 is 49.0 Å². The third-order valence-corrected chi connectivity index (χ3v) is 10.1. The van der Waals surface area contributed by atoms with Crippen LogP contribution >= 0.6 is 0 Å². The van der Waals surface area contributed by atoms with E-state index in [9.17, 15) is 0 Å². The first-order chi connectivity index (χ1) is 11.4. The molecule has 0 aliphatic rings. The fourth-order valence-corrected chi connectivity index (χ4v) is 7.17. The lowest BCUT2D eigenvalue weighted by molar-refractivity contribution is 0.874. The molecule has 1 N–H and O–H groups in total. The van der Waals surface area contributed by atoms with E-state index in [1.54, 1.807) is 5.19 Å². The summed E-state index contributed by atoms with van der Waals surface area (Å²) in [5.74, 6) is 0. The van der Waals surface area contributed by atoms with E-state index in [0.717, 1.165) is 0 Å². The van der Waals surface area contributed by atoms with Crippen molar-refractivity contribution in [3.63, 3.8) is 0 Å². The molecule has 1 heterocycles. The van der Waals surface area contributed by atoms with Crippen LogP contribution in [0.5, 0.6) is 0 Å². The van der Waals surface area contributed by atoms with Crippen LogP contribution < -0.4 is 10.4 Å². The van der Waals surface area contributed by atoms with Crippen LogP contribution in [-0.2, 0) is 0 Å². The van der Waals surface area contributed by atoms with Crippen molar-refractivity contribution in [2.45, 2.75) is 58.4 Å². The molecule has 0 aliphatic heterocycles. The number of rotatable bonds is 6. The zero-order valence-corrected chi connectivity index (χ0v) is 17.8. The average Bonchev–Trinajstić information content (AvgIpc) is 2.91. The predicted molar refractivity (Wildman–Crippen MR) is 114 cm³/mol. The first-order valence-electron chi connectivity index (χ1n) is 9.35. The highest BCUT2D eigenvalue weighted by Crippen LogP contribution is 2.25. The summed E-state index contributed by atoms with van der Waals surface area (Å²) in [5, 5.41) is 5.88. The van der Waals surface area contributed by atoms with Crippen LogP contribution in [0.4, 0.5) is 0 Å². The molecule has 0 saturated heterocycles. The van der Waals surface area contributed by atoms with E-state index in [0.29, 0.717) is 0 Å². The summed E-state index contributed by atoms with van der Waals surface area (Å²) in [5.41, 5.74) is 2.63. The van der Waals surface area contributed by atoms with Gasteiger partial charge in [-0.25, -0.2) is 0 Å². The van der Waals surface area contributed by atoms with Gasteiger partial charge in [-0.3, -0.25) is 0 Å². The largest absolute Gasteiger partial charge is 0.355 e. The highest BCUT2D eigenvalue weighted by atomic mass is 28.3. The van der Waals surface area contributed by atoms with Crippen LogP contribution in [0.1, 0.15) is 26.7 Å². The molecule has 0 atom stereocenters. The maximum atomic E-state index is 3.70. The number of hydrogen-bond acceptors (Lipinski definition) is 0. The van der Waals surface area contributed by atoms with Gasteiger partial charge in [0.15, 0.2) is 0 Å². The van der Waals surface area contributed by atoms with Gasteiger partial charge in [0.05, 0.1) is 16.9 Å². The van der Waals surface area contributed by atoms with Crippen molar-refractivity contribution in [2.75, 3.05) is 0 Å². The van der Waals surface area contributed by atoms with Crippen LogP contribution in [0.3, 0.4) is 0 Å². The lowest BCUT2D eigenvalue weighted by Gasteiger charge is -2.16. The van der Waals surface area contributed by atoms with Crippen LogP contribution in [-0.4, -0.2) is 21.9 Å². The second-order valence-electron chi connectivity index (χ2n) is 7.96. The van der Waals surface area contributed by atoms with Gasteiger partial charge in [-0.15, -0.1) is 0 Å². The molecule has 0 amide bonds. The summed E-state index contributed by atoms with van der Waals surface area (Å²) in [4.78, 5) is 3.70. The zero-order chi connectivity index (χ0) is 17.3. The van der Waals surface area contributed by atoms with Crippen LogP contribution in [0, 0.1) is 0 Å². The third-order valence-electron chi connectivity index (χ3n) is 5.13. The Labute approximate surface area is 149 Å². The number of unbranched alkanes of at least 4 members (excludes halogenated alkanes) is 1. The number of fused-ring (bicyclic) bond motifs is 3. The van der Waals surface area contributed by atoms with Gasteiger partial charge < -0.3 is 4.98 Å². The summed E-state index contributed by atoms with van der Waals surface area (Å²) in [6.07, 6.45) is 2.68. The highest BCUT2D eigenvalue weighted by molar-refractivity contribution is 6.88. The lowest BCUT2D eigenvalue weighted by atomic mass is 10.1. The van der Waals surface area contributed by atoms with E-state index in [1.807, 2.05) is 0 Å². The first kappa shape index (κ1) is 17.5. The van der Waals surface area contributed by atoms with Crippen LogP contribution in [0.25, 0.3) is 21.8 Å². The number of aromatic nitrogens is 1. The zero-order valence-electron chi connectivity index (χ0n) is 15.8. The fraction of sp³-hybridized carbons (Fsp3) is 0.429. The molecule has 0 spiro atoms. The Hall–Kier alpha value is -1.33. The van der Waals surface area contributed by atoms with Crippen LogP contribution in [0.15, 0.2) is 36.4 Å². The first-order valence-corrected chi connectivity index (χ1v) is 14.8. The Morgan fingerprint density at radius 2 is 1.58 bits per heavy atom. The molecule has 0 bridgehead atoms. The quantitative estimate of drug-likeness (QED) is 0.573. The number of aromatic amines is 1. The molecule has 24 heavy (non-hydrogen) atoms. The Balaban J connectivity index is 2.05. The Kier molecular flexibility index (Phi) is 5.02. The van der Waals surface area contributed by atoms with E-state index >= 15 is 0 Å². The average molecular weight is 353 g/mol. The van der Waals surface area contributed by atoms with Crippen molar-refractivity contribution in [2.24, 2.45) is 0 Å².